The largest absolute Gasteiger partial charge is 0.489 e. The third kappa shape index (κ3) is 6.97. The molecule has 0 atom stereocenters. The van der Waals surface area contributed by atoms with Gasteiger partial charge in [0.25, 0.3) is 11.8 Å². The second-order valence-corrected chi connectivity index (χ2v) is 7.39. The van der Waals surface area contributed by atoms with E-state index in [2.05, 4.69) is 10.6 Å². The Hall–Kier alpha value is -3.64. The predicted octanol–water partition coefficient (Wildman–Crippen LogP) is 3.81. The zero-order valence-electron chi connectivity index (χ0n) is 17.8. The Bertz CT molecular complexity index is 1000. The molecule has 6 nitrogen and oxygen atoms in total. The molecule has 31 heavy (non-hydrogen) atoms. The van der Waals surface area contributed by atoms with Gasteiger partial charge in [-0.15, -0.1) is 0 Å². The van der Waals surface area contributed by atoms with Gasteiger partial charge in [-0.3, -0.25) is 9.59 Å². The highest BCUT2D eigenvalue weighted by atomic mass is 16.5. The first-order valence-electron chi connectivity index (χ1n) is 10.1. The fraction of sp³-hybridized carbons (Fsp3) is 0.200. The molecule has 160 valence electrons. The van der Waals surface area contributed by atoms with Gasteiger partial charge in [0.05, 0.1) is 0 Å². The summed E-state index contributed by atoms with van der Waals surface area (Å²) in [7, 11) is 3.90. The van der Waals surface area contributed by atoms with Crippen LogP contribution in [0.5, 0.6) is 5.75 Å². The lowest BCUT2D eigenvalue weighted by atomic mass is 10.1. The zero-order chi connectivity index (χ0) is 22.1. The van der Waals surface area contributed by atoms with Gasteiger partial charge in [0, 0.05) is 29.9 Å². The SMILES string of the molecule is CN(C)CCNC(=O)c1cccc(NC(=O)c2ccc(OCc3ccccc3)cc2)c1. The van der Waals surface area contributed by atoms with E-state index in [9.17, 15) is 9.59 Å². The predicted molar refractivity (Wildman–Crippen MR) is 122 cm³/mol. The number of nitrogens with one attached hydrogen (secondary N) is 2. The molecule has 0 aliphatic rings. The Labute approximate surface area is 182 Å². The number of anilines is 1. The number of nitrogens with zero attached hydrogens (tertiary/aromatic N) is 1. The van der Waals surface area contributed by atoms with Crippen molar-refractivity contribution in [1.29, 1.82) is 0 Å². The highest BCUT2D eigenvalue weighted by Gasteiger charge is 2.10. The third-order valence-electron chi connectivity index (χ3n) is 4.59. The minimum Gasteiger partial charge on any atom is -0.489 e. The van der Waals surface area contributed by atoms with Gasteiger partial charge in [0.15, 0.2) is 0 Å². The molecule has 0 bridgehead atoms. The Kier molecular flexibility index (Phi) is 7.79. The summed E-state index contributed by atoms with van der Waals surface area (Å²) in [4.78, 5) is 26.8. The number of hydrogen-bond acceptors (Lipinski definition) is 4. The molecular formula is C25H27N3O3. The van der Waals surface area contributed by atoms with Crippen LogP contribution in [0.15, 0.2) is 78.9 Å². The van der Waals surface area contributed by atoms with Gasteiger partial charge >= 0.3 is 0 Å². The van der Waals surface area contributed by atoms with Gasteiger partial charge < -0.3 is 20.3 Å². The minimum absolute atomic E-state index is 0.169. The first-order valence-corrected chi connectivity index (χ1v) is 10.1. The molecule has 0 heterocycles. The lowest BCUT2D eigenvalue weighted by Crippen LogP contribution is -2.31. The molecule has 0 radical (unpaired) electrons. The van der Waals surface area contributed by atoms with Crippen LogP contribution in [0, 0.1) is 0 Å². The van der Waals surface area contributed by atoms with Crippen LogP contribution < -0.4 is 15.4 Å². The second kappa shape index (κ2) is 10.9. The Morgan fingerprint density at radius 2 is 1.58 bits per heavy atom. The molecule has 2 N–H and O–H groups in total. The number of benzene rings is 3. The van der Waals surface area contributed by atoms with Crippen molar-refractivity contribution in [3.05, 3.63) is 95.6 Å². The molecule has 0 spiro atoms. The van der Waals surface area contributed by atoms with E-state index >= 15 is 0 Å². The van der Waals surface area contributed by atoms with Crippen molar-refractivity contribution in [3.8, 4) is 5.75 Å². The molecule has 3 aromatic carbocycles. The maximum absolute atomic E-state index is 12.6. The molecule has 3 rings (SSSR count). The van der Waals surface area contributed by atoms with E-state index in [1.807, 2.05) is 49.3 Å². The molecule has 0 unspecified atom stereocenters. The van der Waals surface area contributed by atoms with E-state index < -0.39 is 0 Å². The third-order valence-corrected chi connectivity index (χ3v) is 4.59. The van der Waals surface area contributed by atoms with Crippen LogP contribution >= 0.6 is 0 Å². The highest BCUT2D eigenvalue weighted by Crippen LogP contribution is 2.16. The molecule has 2 amide bonds. The Morgan fingerprint density at radius 1 is 0.839 bits per heavy atom. The average molecular weight is 418 g/mol. The van der Waals surface area contributed by atoms with E-state index in [0.717, 1.165) is 12.1 Å². The van der Waals surface area contributed by atoms with Crippen molar-refractivity contribution in [1.82, 2.24) is 10.2 Å². The van der Waals surface area contributed by atoms with Crippen molar-refractivity contribution in [2.45, 2.75) is 6.61 Å². The van der Waals surface area contributed by atoms with Crippen LogP contribution in [0.2, 0.25) is 0 Å². The smallest absolute Gasteiger partial charge is 0.255 e. The number of likely N-dealkylation sites (N-methyl/N-ethyl adjacent to an activating group) is 1. The summed E-state index contributed by atoms with van der Waals surface area (Å²) in [6, 6.07) is 23.8. The standard InChI is InChI=1S/C25H27N3O3/c1-28(2)16-15-26-24(29)21-9-6-10-22(17-21)27-25(30)20-11-13-23(14-12-20)31-18-19-7-4-3-5-8-19/h3-14,17H,15-16,18H2,1-2H3,(H,26,29)(H,27,30). The lowest BCUT2D eigenvalue weighted by Gasteiger charge is -2.11. The Balaban J connectivity index is 1.55. The summed E-state index contributed by atoms with van der Waals surface area (Å²) in [5, 5.41) is 5.70. The van der Waals surface area contributed by atoms with Gasteiger partial charge in [-0.1, -0.05) is 36.4 Å². The monoisotopic (exact) mass is 417 g/mol. The first kappa shape index (κ1) is 22.1. The number of carbonyl (C=O) groups is 2. The van der Waals surface area contributed by atoms with E-state index in [1.165, 1.54) is 0 Å². The minimum atomic E-state index is -0.250. The average Bonchev–Trinajstić information content (AvgIpc) is 2.78. The number of rotatable bonds is 9. The summed E-state index contributed by atoms with van der Waals surface area (Å²) in [6.07, 6.45) is 0. The summed E-state index contributed by atoms with van der Waals surface area (Å²) in [5.41, 5.74) is 2.65. The van der Waals surface area contributed by atoms with Crippen molar-refractivity contribution in [2.24, 2.45) is 0 Å². The van der Waals surface area contributed by atoms with Gasteiger partial charge in [-0.05, 0) is 62.1 Å². The van der Waals surface area contributed by atoms with Gasteiger partial charge in [-0.25, -0.2) is 0 Å². The second-order valence-electron chi connectivity index (χ2n) is 7.39. The van der Waals surface area contributed by atoms with E-state index in [4.69, 9.17) is 4.74 Å². The van der Waals surface area contributed by atoms with Crippen LogP contribution in [0.25, 0.3) is 0 Å². The van der Waals surface area contributed by atoms with Crippen molar-refractivity contribution < 1.29 is 14.3 Å². The van der Waals surface area contributed by atoms with E-state index in [0.29, 0.717) is 35.7 Å². The summed E-state index contributed by atoms with van der Waals surface area (Å²) in [6.45, 7) is 1.78. The fourth-order valence-corrected chi connectivity index (χ4v) is 2.88. The first-order chi connectivity index (χ1) is 15.0. The van der Waals surface area contributed by atoms with Crippen molar-refractivity contribution >= 4 is 17.5 Å². The topological polar surface area (TPSA) is 70.7 Å². The number of ether oxygens (including phenoxy) is 1. The van der Waals surface area contributed by atoms with Crippen molar-refractivity contribution in [3.63, 3.8) is 0 Å². The quantitative estimate of drug-likeness (QED) is 0.555. The van der Waals surface area contributed by atoms with Crippen LogP contribution in [-0.2, 0) is 6.61 Å². The van der Waals surface area contributed by atoms with Gasteiger partial charge in [0.2, 0.25) is 0 Å². The maximum atomic E-state index is 12.6. The molecule has 0 aromatic heterocycles. The molecule has 0 fully saturated rings. The van der Waals surface area contributed by atoms with E-state index in [1.54, 1.807) is 48.5 Å². The highest BCUT2D eigenvalue weighted by molar-refractivity contribution is 6.05. The van der Waals surface area contributed by atoms with Crippen molar-refractivity contribution in [2.75, 3.05) is 32.5 Å². The molecule has 3 aromatic rings. The number of amides is 2. The molecule has 0 saturated carbocycles. The van der Waals surface area contributed by atoms with Crippen LogP contribution in [-0.4, -0.2) is 43.9 Å². The van der Waals surface area contributed by atoms with Gasteiger partial charge in [-0.2, -0.15) is 0 Å². The van der Waals surface area contributed by atoms with Crippen LogP contribution in [0.4, 0.5) is 5.69 Å². The fourth-order valence-electron chi connectivity index (χ4n) is 2.88. The molecular weight excluding hydrogens is 390 g/mol. The zero-order valence-corrected chi connectivity index (χ0v) is 17.8. The molecule has 6 heteroatoms. The van der Waals surface area contributed by atoms with Crippen LogP contribution in [0.1, 0.15) is 26.3 Å². The summed E-state index contributed by atoms with van der Waals surface area (Å²) >= 11 is 0. The molecule has 0 aliphatic carbocycles. The molecule has 0 aliphatic heterocycles. The normalized spacial score (nSPS) is 10.5. The van der Waals surface area contributed by atoms with E-state index in [-0.39, 0.29) is 11.8 Å². The summed E-state index contributed by atoms with van der Waals surface area (Å²) in [5.74, 6) is 0.273. The lowest BCUT2D eigenvalue weighted by molar-refractivity contribution is 0.0949. The summed E-state index contributed by atoms with van der Waals surface area (Å²) < 4.78 is 5.75. The van der Waals surface area contributed by atoms with Crippen LogP contribution in [0.3, 0.4) is 0 Å². The number of carbonyl (C=O) groups excluding carboxylic acids is 2. The molecule has 0 saturated heterocycles. The number of hydrogen-bond donors (Lipinski definition) is 2. The maximum Gasteiger partial charge on any atom is 0.255 e. The van der Waals surface area contributed by atoms with Gasteiger partial charge in [0.1, 0.15) is 12.4 Å². The Morgan fingerprint density at radius 3 is 2.29 bits per heavy atom.